The molecule has 0 aliphatic rings. The number of carbonyl (C=O) groups is 1. The summed E-state index contributed by atoms with van der Waals surface area (Å²) in [5, 5.41) is 6.72. The average Bonchev–Trinajstić information content (AvgIpc) is 2.76. The summed E-state index contributed by atoms with van der Waals surface area (Å²) >= 11 is 2.15. The largest absolute Gasteiger partial charge is 0.397 e. The van der Waals surface area contributed by atoms with Crippen molar-refractivity contribution in [2.45, 2.75) is 13.0 Å². The summed E-state index contributed by atoms with van der Waals surface area (Å²) in [4.78, 5) is 11.7. The van der Waals surface area contributed by atoms with Crippen molar-refractivity contribution in [2.75, 3.05) is 11.1 Å². The highest BCUT2D eigenvalue weighted by Crippen LogP contribution is 2.19. The van der Waals surface area contributed by atoms with Crippen molar-refractivity contribution >= 4 is 39.9 Å². The van der Waals surface area contributed by atoms with E-state index >= 15 is 0 Å². The maximum Gasteiger partial charge on any atom is 0.226 e. The molecule has 0 saturated carbocycles. The number of carbonyl (C=O) groups excluding carboxylic acids is 1. The first-order valence-corrected chi connectivity index (χ1v) is 6.65. The second-order valence-corrected chi connectivity index (χ2v) is 5.20. The number of nitrogen functional groups attached to an aromatic ring is 1. The number of nitrogens with two attached hydrogens (primary N) is 1. The first-order valence-electron chi connectivity index (χ1n) is 5.57. The molecule has 0 spiro atoms. The topological polar surface area (TPSA) is 72.9 Å². The summed E-state index contributed by atoms with van der Waals surface area (Å²) < 4.78 is 15.6. The predicted octanol–water partition coefficient (Wildman–Crippen LogP) is 2.24. The monoisotopic (exact) mass is 374 g/mol. The van der Waals surface area contributed by atoms with Crippen LogP contribution >= 0.6 is 22.6 Å². The first kappa shape index (κ1) is 13.8. The number of nitrogens with zero attached hydrogens (tertiary/aromatic N) is 2. The highest BCUT2D eigenvalue weighted by molar-refractivity contribution is 14.1. The molecule has 0 atom stereocenters. The molecule has 1 aromatic carbocycles. The van der Waals surface area contributed by atoms with Gasteiger partial charge >= 0.3 is 0 Å². The van der Waals surface area contributed by atoms with Crippen molar-refractivity contribution in [1.82, 2.24) is 9.78 Å². The third-order valence-electron chi connectivity index (χ3n) is 2.46. The van der Waals surface area contributed by atoms with Crippen LogP contribution < -0.4 is 11.1 Å². The molecule has 0 aliphatic heterocycles. The van der Waals surface area contributed by atoms with Crippen LogP contribution in [0, 0.1) is 9.39 Å². The highest BCUT2D eigenvalue weighted by atomic mass is 127. The first-order chi connectivity index (χ1) is 9.04. The molecule has 100 valence electrons. The van der Waals surface area contributed by atoms with Crippen LogP contribution in [0.2, 0.25) is 0 Å². The van der Waals surface area contributed by atoms with E-state index in [-0.39, 0.29) is 18.0 Å². The number of rotatable bonds is 4. The Morgan fingerprint density at radius 2 is 2.32 bits per heavy atom. The smallest absolute Gasteiger partial charge is 0.226 e. The van der Waals surface area contributed by atoms with Gasteiger partial charge < -0.3 is 11.1 Å². The van der Waals surface area contributed by atoms with Gasteiger partial charge in [0.25, 0.3) is 0 Å². The van der Waals surface area contributed by atoms with Gasteiger partial charge in [0.2, 0.25) is 5.91 Å². The van der Waals surface area contributed by atoms with E-state index in [0.717, 1.165) is 3.57 Å². The van der Waals surface area contributed by atoms with Gasteiger partial charge in [-0.15, -0.1) is 0 Å². The van der Waals surface area contributed by atoms with Crippen LogP contribution in [0.4, 0.5) is 15.8 Å². The molecule has 1 aromatic heterocycles. The lowest BCUT2D eigenvalue weighted by Gasteiger charge is -2.08. The summed E-state index contributed by atoms with van der Waals surface area (Å²) in [6, 6.07) is 3.87. The zero-order valence-corrected chi connectivity index (χ0v) is 12.1. The van der Waals surface area contributed by atoms with Crippen LogP contribution in [0.15, 0.2) is 30.6 Å². The quantitative estimate of drug-likeness (QED) is 0.637. The Balaban J connectivity index is 1.90. The molecule has 0 fully saturated rings. The van der Waals surface area contributed by atoms with E-state index in [0.29, 0.717) is 12.2 Å². The van der Waals surface area contributed by atoms with Crippen LogP contribution in [0.3, 0.4) is 0 Å². The molecule has 19 heavy (non-hydrogen) atoms. The molecule has 5 nitrogen and oxygen atoms in total. The Bertz CT molecular complexity index is 599. The van der Waals surface area contributed by atoms with Gasteiger partial charge in [-0.25, -0.2) is 4.39 Å². The van der Waals surface area contributed by atoms with Crippen LogP contribution in [0.5, 0.6) is 0 Å². The van der Waals surface area contributed by atoms with Gasteiger partial charge in [0.05, 0.1) is 21.1 Å². The Labute approximate surface area is 123 Å². The number of benzene rings is 1. The van der Waals surface area contributed by atoms with Gasteiger partial charge in [0.15, 0.2) is 0 Å². The van der Waals surface area contributed by atoms with E-state index in [1.165, 1.54) is 18.2 Å². The molecule has 0 unspecified atom stereocenters. The Morgan fingerprint density at radius 3 is 2.95 bits per heavy atom. The van der Waals surface area contributed by atoms with Crippen molar-refractivity contribution in [3.63, 3.8) is 0 Å². The van der Waals surface area contributed by atoms with E-state index in [2.05, 4.69) is 33.0 Å². The van der Waals surface area contributed by atoms with Gasteiger partial charge in [-0.2, -0.15) is 5.10 Å². The van der Waals surface area contributed by atoms with Crippen molar-refractivity contribution in [2.24, 2.45) is 0 Å². The third kappa shape index (κ3) is 3.91. The van der Waals surface area contributed by atoms with Crippen molar-refractivity contribution < 1.29 is 9.18 Å². The Kier molecular flexibility index (Phi) is 4.35. The summed E-state index contributed by atoms with van der Waals surface area (Å²) in [6.07, 6.45) is 3.84. The van der Waals surface area contributed by atoms with Crippen molar-refractivity contribution in [3.8, 4) is 0 Å². The Morgan fingerprint density at radius 1 is 1.53 bits per heavy atom. The van der Waals surface area contributed by atoms with Crippen molar-refractivity contribution in [3.05, 3.63) is 40.0 Å². The minimum atomic E-state index is -0.429. The SMILES string of the molecule is Nc1cc(F)ccc1NC(=O)CCn1cc(I)cn1. The lowest BCUT2D eigenvalue weighted by Crippen LogP contribution is -2.15. The average molecular weight is 374 g/mol. The number of anilines is 2. The molecule has 1 heterocycles. The van der Waals surface area contributed by atoms with Gasteiger partial charge in [0.1, 0.15) is 5.82 Å². The summed E-state index contributed by atoms with van der Waals surface area (Å²) in [5.41, 5.74) is 6.24. The maximum absolute atomic E-state index is 12.9. The van der Waals surface area contributed by atoms with Gasteiger partial charge in [-0.05, 0) is 40.8 Å². The van der Waals surface area contributed by atoms with E-state index in [1.807, 2.05) is 6.20 Å². The number of nitrogens with one attached hydrogen (secondary N) is 1. The number of amides is 1. The second-order valence-electron chi connectivity index (χ2n) is 3.95. The summed E-state index contributed by atoms with van der Waals surface area (Å²) in [7, 11) is 0. The fourth-order valence-corrected chi connectivity index (χ4v) is 1.98. The fraction of sp³-hybridized carbons (Fsp3) is 0.167. The molecule has 0 saturated heterocycles. The molecule has 7 heteroatoms. The van der Waals surface area contributed by atoms with Crippen LogP contribution in [-0.4, -0.2) is 15.7 Å². The molecular weight excluding hydrogens is 362 g/mol. The molecule has 1 amide bonds. The highest BCUT2D eigenvalue weighted by Gasteiger charge is 2.06. The van der Waals surface area contributed by atoms with Gasteiger partial charge in [-0.3, -0.25) is 9.48 Å². The molecular formula is C12H12FIN4O. The molecule has 2 aromatic rings. The van der Waals surface area contributed by atoms with E-state index in [9.17, 15) is 9.18 Å². The van der Waals surface area contributed by atoms with Crippen LogP contribution in [0.1, 0.15) is 6.42 Å². The zero-order valence-electron chi connectivity index (χ0n) is 9.94. The van der Waals surface area contributed by atoms with Gasteiger partial charge in [-0.1, -0.05) is 0 Å². The van der Waals surface area contributed by atoms with E-state index < -0.39 is 5.82 Å². The normalized spacial score (nSPS) is 10.4. The van der Waals surface area contributed by atoms with Crippen LogP contribution in [0.25, 0.3) is 0 Å². The maximum atomic E-state index is 12.9. The summed E-state index contributed by atoms with van der Waals surface area (Å²) in [6.45, 7) is 0.482. The predicted molar refractivity (Wildman–Crippen MR) is 79.0 cm³/mol. The zero-order chi connectivity index (χ0) is 13.8. The van der Waals surface area contributed by atoms with Crippen LogP contribution in [-0.2, 0) is 11.3 Å². The number of hydrogen-bond donors (Lipinski definition) is 2. The van der Waals surface area contributed by atoms with Crippen molar-refractivity contribution in [1.29, 1.82) is 0 Å². The van der Waals surface area contributed by atoms with E-state index in [4.69, 9.17) is 5.73 Å². The van der Waals surface area contributed by atoms with E-state index in [1.54, 1.807) is 10.9 Å². The molecule has 2 rings (SSSR count). The summed E-state index contributed by atoms with van der Waals surface area (Å²) in [5.74, 6) is -0.620. The second kappa shape index (κ2) is 6.00. The fourth-order valence-electron chi connectivity index (χ4n) is 1.54. The van der Waals surface area contributed by atoms with Gasteiger partial charge in [0, 0.05) is 19.2 Å². The number of halogens is 2. The standard InChI is InChI=1S/C12H12FIN4O/c13-8-1-2-11(10(15)5-8)17-12(19)3-4-18-7-9(14)6-16-18/h1-2,5-7H,3-4,15H2,(H,17,19). The number of aryl methyl sites for hydroxylation is 1. The molecule has 0 aliphatic carbocycles. The molecule has 0 radical (unpaired) electrons. The number of aromatic nitrogens is 2. The lowest BCUT2D eigenvalue weighted by atomic mass is 10.2. The third-order valence-corrected chi connectivity index (χ3v) is 3.01. The molecule has 0 bridgehead atoms. The minimum absolute atomic E-state index is 0.191. The molecule has 3 N–H and O–H groups in total. The Hall–Kier alpha value is -1.64. The lowest BCUT2D eigenvalue weighted by molar-refractivity contribution is -0.116. The minimum Gasteiger partial charge on any atom is -0.397 e. The number of hydrogen-bond acceptors (Lipinski definition) is 3.